The normalized spacial score (nSPS) is 17.8. The summed E-state index contributed by atoms with van der Waals surface area (Å²) in [5.74, 6) is 5.24. The van der Waals surface area contributed by atoms with Crippen molar-refractivity contribution in [1.82, 2.24) is 0 Å². The van der Waals surface area contributed by atoms with Crippen LogP contribution in [-0.4, -0.2) is 12.3 Å². The largest absolute Gasteiger partial charge is 0.373 e. The van der Waals surface area contributed by atoms with Crippen molar-refractivity contribution in [2.45, 2.75) is 47.5 Å². The zero-order valence-corrected chi connectivity index (χ0v) is 17.0. The Kier molecular flexibility index (Phi) is 29.7. The van der Waals surface area contributed by atoms with Gasteiger partial charge in [-0.3, -0.25) is 0 Å². The number of rotatable bonds is 3. The van der Waals surface area contributed by atoms with Gasteiger partial charge < -0.3 is 0 Å². The second kappa shape index (κ2) is 25.3. The highest BCUT2D eigenvalue weighted by molar-refractivity contribution is 5.21. The van der Waals surface area contributed by atoms with E-state index < -0.39 is 0 Å². The van der Waals surface area contributed by atoms with E-state index in [4.69, 9.17) is 30.9 Å². The van der Waals surface area contributed by atoms with Crippen molar-refractivity contribution in [3.63, 3.8) is 0 Å². The van der Waals surface area contributed by atoms with Gasteiger partial charge in [-0.25, -0.2) is 0 Å². The Labute approximate surface area is 163 Å². The highest BCUT2D eigenvalue weighted by Gasteiger charge is 2.15. The van der Waals surface area contributed by atoms with Gasteiger partial charge in [-0.2, -0.15) is 24.4 Å². The van der Waals surface area contributed by atoms with Crippen molar-refractivity contribution in [1.29, 1.82) is 5.26 Å². The molecule has 4 unspecified atom stereocenters. The minimum absolute atomic E-state index is 0.250. The average molecular weight is 373 g/mol. The van der Waals surface area contributed by atoms with E-state index >= 15 is 0 Å². The fourth-order valence-electron chi connectivity index (χ4n) is 1.76. The highest BCUT2D eigenvalue weighted by atomic mass is 16.2. The number of nitriles is 1. The molecule has 0 aromatic rings. The summed E-state index contributed by atoms with van der Waals surface area (Å²) in [5.41, 5.74) is 1.29. The monoisotopic (exact) mass is 373 g/mol. The molecule has 0 N–H and O–H groups in total. The molecule has 0 fully saturated rings. The standard InChI is InChI=1S/2C9H14.C2H3N.2CO2/c1-7-5-4-6-8(2)9(7)3;1-5-7-9(4)8(3)6-2;1-2-3;2*2-1-3/h4-5,8-9H,1,6H2,2-3H3;1,6,8-9H,2,7H2,3-4H3;1H3;;. The van der Waals surface area contributed by atoms with Crippen LogP contribution >= 0.6 is 0 Å². The topological polar surface area (TPSA) is 92.1 Å². The first-order valence-electron chi connectivity index (χ1n) is 8.39. The molecule has 0 aliphatic heterocycles. The molecule has 0 saturated heterocycles. The van der Waals surface area contributed by atoms with Crippen LogP contribution in [0.25, 0.3) is 0 Å². The van der Waals surface area contributed by atoms with Crippen LogP contribution in [0.5, 0.6) is 0 Å². The van der Waals surface area contributed by atoms with Crippen molar-refractivity contribution >= 4 is 12.3 Å². The minimum Gasteiger partial charge on any atom is -0.199 e. The maximum atomic E-state index is 8.12. The lowest BCUT2D eigenvalue weighted by molar-refractivity contribution is -0.193. The summed E-state index contributed by atoms with van der Waals surface area (Å²) in [6.45, 7) is 17.9. The maximum absolute atomic E-state index is 8.12. The first-order valence-corrected chi connectivity index (χ1v) is 8.39. The summed E-state index contributed by atoms with van der Waals surface area (Å²) in [4.78, 5) is 32.5. The molecule has 5 heteroatoms. The lowest BCUT2D eigenvalue weighted by Crippen LogP contribution is -2.11. The Hall–Kier alpha value is -2.97. The van der Waals surface area contributed by atoms with Crippen molar-refractivity contribution in [2.75, 3.05) is 0 Å². The molecule has 0 amide bonds. The summed E-state index contributed by atoms with van der Waals surface area (Å²) < 4.78 is 0. The molecule has 5 nitrogen and oxygen atoms in total. The molecule has 0 saturated carbocycles. The molecule has 1 rings (SSSR count). The second-order valence-corrected chi connectivity index (χ2v) is 5.85. The van der Waals surface area contributed by atoms with Crippen LogP contribution in [0.3, 0.4) is 0 Å². The number of terminal acetylenes is 1. The smallest absolute Gasteiger partial charge is 0.199 e. The number of allylic oxidation sites excluding steroid dienone is 4. The van der Waals surface area contributed by atoms with Crippen LogP contribution < -0.4 is 0 Å². The quantitative estimate of drug-likeness (QED) is 0.532. The summed E-state index contributed by atoms with van der Waals surface area (Å²) >= 11 is 0. The lowest BCUT2D eigenvalue weighted by atomic mass is 9.83. The van der Waals surface area contributed by atoms with Gasteiger partial charge in [0, 0.05) is 13.3 Å². The summed E-state index contributed by atoms with van der Waals surface area (Å²) in [7, 11) is 0. The molecule has 27 heavy (non-hydrogen) atoms. The van der Waals surface area contributed by atoms with Gasteiger partial charge in [0.1, 0.15) is 0 Å². The van der Waals surface area contributed by atoms with Crippen molar-refractivity contribution < 1.29 is 19.2 Å². The fourth-order valence-corrected chi connectivity index (χ4v) is 1.76. The van der Waals surface area contributed by atoms with E-state index in [1.54, 1.807) is 6.07 Å². The second-order valence-electron chi connectivity index (χ2n) is 5.85. The van der Waals surface area contributed by atoms with Gasteiger partial charge in [0.05, 0.1) is 6.07 Å². The van der Waals surface area contributed by atoms with E-state index in [-0.39, 0.29) is 12.3 Å². The highest BCUT2D eigenvalue weighted by Crippen LogP contribution is 2.27. The maximum Gasteiger partial charge on any atom is 0.373 e. The minimum atomic E-state index is 0.250. The van der Waals surface area contributed by atoms with E-state index in [2.05, 4.69) is 58.9 Å². The molecule has 0 bridgehead atoms. The van der Waals surface area contributed by atoms with E-state index in [9.17, 15) is 0 Å². The summed E-state index contributed by atoms with van der Waals surface area (Å²) in [6.07, 6.45) is 14.0. The Bertz CT molecular complexity index is 554. The Morgan fingerprint density at radius 1 is 1.26 bits per heavy atom. The lowest BCUT2D eigenvalue weighted by Gasteiger charge is -2.22. The molecule has 0 spiro atoms. The molecule has 4 atom stereocenters. The van der Waals surface area contributed by atoms with Crippen LogP contribution in [0.15, 0.2) is 37.0 Å². The first kappa shape index (κ1) is 31.8. The molecule has 148 valence electrons. The molecule has 0 heterocycles. The van der Waals surface area contributed by atoms with E-state index in [0.717, 1.165) is 12.3 Å². The van der Waals surface area contributed by atoms with E-state index in [1.165, 1.54) is 18.9 Å². The first-order chi connectivity index (χ1) is 12.7. The third-order valence-corrected chi connectivity index (χ3v) is 3.99. The molecule has 0 aromatic carbocycles. The third kappa shape index (κ3) is 25.4. The van der Waals surface area contributed by atoms with Crippen LogP contribution in [-0.2, 0) is 19.2 Å². The Morgan fingerprint density at radius 2 is 1.67 bits per heavy atom. The molecule has 0 radical (unpaired) electrons. The summed E-state index contributed by atoms with van der Waals surface area (Å²) in [5, 5.41) is 7.32. The zero-order chi connectivity index (χ0) is 22.3. The van der Waals surface area contributed by atoms with Gasteiger partial charge in [-0.1, -0.05) is 58.1 Å². The van der Waals surface area contributed by atoms with Gasteiger partial charge in [-0.05, 0) is 30.1 Å². The summed E-state index contributed by atoms with van der Waals surface area (Å²) in [6, 6.07) is 1.75. The number of nitrogens with zero attached hydrogens (tertiary/aromatic N) is 1. The van der Waals surface area contributed by atoms with Gasteiger partial charge in [0.25, 0.3) is 0 Å². The van der Waals surface area contributed by atoms with Crippen LogP contribution in [0.4, 0.5) is 0 Å². The number of hydrogen-bond acceptors (Lipinski definition) is 5. The number of hydrogen-bond donors (Lipinski definition) is 0. The van der Waals surface area contributed by atoms with Gasteiger partial charge in [0.15, 0.2) is 0 Å². The molecule has 1 aliphatic rings. The van der Waals surface area contributed by atoms with Crippen molar-refractivity contribution in [3.05, 3.63) is 37.0 Å². The zero-order valence-electron chi connectivity index (χ0n) is 17.0. The van der Waals surface area contributed by atoms with Gasteiger partial charge >= 0.3 is 12.3 Å². The predicted molar refractivity (Wildman–Crippen MR) is 105 cm³/mol. The van der Waals surface area contributed by atoms with Crippen LogP contribution in [0.1, 0.15) is 47.5 Å². The van der Waals surface area contributed by atoms with Crippen molar-refractivity contribution in [2.24, 2.45) is 23.7 Å². The SMILES string of the molecule is C#CCC(C)C(C)C=C.C=C1C=CCC(C)C1C.CC#N.O=C=O.O=C=O. The molecule has 0 aromatic heterocycles. The molecule has 1 aliphatic carbocycles. The fraction of sp³-hybridized carbons (Fsp3) is 0.500. The average Bonchev–Trinajstić information content (AvgIpc) is 2.62. The third-order valence-electron chi connectivity index (χ3n) is 3.99. The molecular formula is C22H31NO4. The molecular weight excluding hydrogens is 342 g/mol. The van der Waals surface area contributed by atoms with Gasteiger partial charge in [0.2, 0.25) is 0 Å². The van der Waals surface area contributed by atoms with Crippen LogP contribution in [0.2, 0.25) is 0 Å². The van der Waals surface area contributed by atoms with Crippen LogP contribution in [0, 0.1) is 47.3 Å². The van der Waals surface area contributed by atoms with E-state index in [1.807, 2.05) is 6.08 Å². The predicted octanol–water partition coefficient (Wildman–Crippen LogP) is 4.61. The van der Waals surface area contributed by atoms with E-state index in [0.29, 0.717) is 17.8 Å². The van der Waals surface area contributed by atoms with Crippen molar-refractivity contribution in [3.8, 4) is 18.4 Å². The Balaban J connectivity index is -0.000000137. The van der Waals surface area contributed by atoms with Gasteiger partial charge in [-0.15, -0.1) is 18.9 Å². The Morgan fingerprint density at radius 3 is 1.93 bits per heavy atom. The number of carbonyl (C=O) groups excluding carboxylic acids is 4.